The molecule has 0 unspecified atom stereocenters. The molecule has 3 rings (SSSR count). The van der Waals surface area contributed by atoms with Gasteiger partial charge in [0, 0.05) is 18.2 Å². The van der Waals surface area contributed by atoms with Gasteiger partial charge in [0.05, 0.1) is 6.42 Å². The summed E-state index contributed by atoms with van der Waals surface area (Å²) in [5.74, 6) is 0.169. The van der Waals surface area contributed by atoms with Crippen molar-refractivity contribution in [2.45, 2.75) is 25.3 Å². The molecule has 1 aromatic rings. The van der Waals surface area contributed by atoms with Crippen LogP contribution < -0.4 is 9.47 Å². The number of rotatable bonds is 3. The van der Waals surface area contributed by atoms with Crippen LogP contribution in [0.1, 0.15) is 29.6 Å². The molecule has 20 heavy (non-hydrogen) atoms. The summed E-state index contributed by atoms with van der Waals surface area (Å²) < 4.78 is 10.5. The largest absolute Gasteiger partial charge is 0.481 e. The first-order chi connectivity index (χ1) is 9.65. The lowest BCUT2D eigenvalue weighted by Gasteiger charge is -2.23. The number of carboxylic acid groups (broad SMARTS) is 1. The molecule has 0 bridgehead atoms. The smallest absolute Gasteiger partial charge is 0.305 e. The van der Waals surface area contributed by atoms with Gasteiger partial charge in [0.2, 0.25) is 6.79 Å². The quantitative estimate of drug-likeness (QED) is 0.906. The summed E-state index contributed by atoms with van der Waals surface area (Å²) in [6.45, 7) is 0.767. The Labute approximate surface area is 115 Å². The maximum atomic E-state index is 12.5. The fourth-order valence-electron chi connectivity index (χ4n) is 2.71. The van der Waals surface area contributed by atoms with Gasteiger partial charge in [-0.3, -0.25) is 9.59 Å². The average molecular weight is 277 g/mol. The third-order valence-electron chi connectivity index (χ3n) is 3.67. The molecule has 1 amide bonds. The van der Waals surface area contributed by atoms with E-state index in [4.69, 9.17) is 14.6 Å². The van der Waals surface area contributed by atoms with E-state index in [0.717, 1.165) is 12.8 Å². The van der Waals surface area contributed by atoms with Gasteiger partial charge in [0.1, 0.15) is 0 Å². The van der Waals surface area contributed by atoms with E-state index in [1.54, 1.807) is 23.1 Å². The highest BCUT2D eigenvalue weighted by Crippen LogP contribution is 2.33. The Morgan fingerprint density at radius 3 is 2.90 bits per heavy atom. The third-order valence-corrected chi connectivity index (χ3v) is 3.67. The normalized spacial score (nSPS) is 20.2. The average Bonchev–Trinajstić information content (AvgIpc) is 3.04. The van der Waals surface area contributed by atoms with Gasteiger partial charge < -0.3 is 19.5 Å². The topological polar surface area (TPSA) is 76.1 Å². The number of ether oxygens (including phenoxy) is 2. The number of carbonyl (C=O) groups is 2. The summed E-state index contributed by atoms with van der Waals surface area (Å²) in [4.78, 5) is 25.0. The van der Waals surface area contributed by atoms with Gasteiger partial charge in [0.25, 0.3) is 5.91 Å². The lowest BCUT2D eigenvalue weighted by atomic mass is 10.1. The van der Waals surface area contributed by atoms with Crippen molar-refractivity contribution in [2.24, 2.45) is 0 Å². The first kappa shape index (κ1) is 12.8. The SMILES string of the molecule is O=C(O)C[C@@H]1CCCN1C(=O)c1ccc2c(c1)OCO2. The minimum atomic E-state index is -0.875. The van der Waals surface area contributed by atoms with Gasteiger partial charge in [-0.25, -0.2) is 0 Å². The molecule has 1 fully saturated rings. The third kappa shape index (κ3) is 2.29. The molecule has 0 aromatic heterocycles. The number of carbonyl (C=O) groups excluding carboxylic acids is 1. The van der Waals surface area contributed by atoms with Crippen LogP contribution in [0.3, 0.4) is 0 Å². The van der Waals surface area contributed by atoms with Crippen LogP contribution in [0.4, 0.5) is 0 Å². The van der Waals surface area contributed by atoms with Crippen molar-refractivity contribution in [3.05, 3.63) is 23.8 Å². The Morgan fingerprint density at radius 1 is 1.30 bits per heavy atom. The van der Waals surface area contributed by atoms with E-state index in [2.05, 4.69) is 0 Å². The summed E-state index contributed by atoms with van der Waals surface area (Å²) in [5.41, 5.74) is 0.506. The fraction of sp³-hybridized carbons (Fsp3) is 0.429. The van der Waals surface area contributed by atoms with Crippen molar-refractivity contribution in [2.75, 3.05) is 13.3 Å². The Hall–Kier alpha value is -2.24. The molecule has 2 aliphatic rings. The highest BCUT2D eigenvalue weighted by Gasteiger charge is 2.31. The zero-order chi connectivity index (χ0) is 14.1. The molecule has 0 radical (unpaired) electrons. The Bertz CT molecular complexity index is 556. The van der Waals surface area contributed by atoms with Gasteiger partial charge in [-0.1, -0.05) is 0 Å². The molecule has 1 atom stereocenters. The molecule has 0 saturated carbocycles. The van der Waals surface area contributed by atoms with Crippen LogP contribution in [0.25, 0.3) is 0 Å². The summed E-state index contributed by atoms with van der Waals surface area (Å²) in [6.07, 6.45) is 1.58. The summed E-state index contributed by atoms with van der Waals surface area (Å²) in [6, 6.07) is 4.83. The predicted octanol–water partition coefficient (Wildman–Crippen LogP) is 1.49. The van der Waals surface area contributed by atoms with Crippen LogP contribution in [0.15, 0.2) is 18.2 Å². The first-order valence-corrected chi connectivity index (χ1v) is 6.57. The molecule has 6 nitrogen and oxygen atoms in total. The van der Waals surface area contributed by atoms with E-state index in [0.29, 0.717) is 23.6 Å². The van der Waals surface area contributed by atoms with Crippen LogP contribution >= 0.6 is 0 Å². The van der Waals surface area contributed by atoms with Crippen LogP contribution in [0.2, 0.25) is 0 Å². The van der Waals surface area contributed by atoms with Crippen LogP contribution in [-0.4, -0.2) is 41.3 Å². The second kappa shape index (κ2) is 5.03. The molecule has 106 valence electrons. The summed E-state index contributed by atoms with van der Waals surface area (Å²) in [7, 11) is 0. The standard InChI is InChI=1S/C14H15NO5/c16-13(17)7-10-2-1-5-15(10)14(18)9-3-4-11-12(6-9)20-8-19-11/h3-4,6,10H,1-2,5,7-8H2,(H,16,17)/t10-/m0/s1. The molecular weight excluding hydrogens is 262 g/mol. The molecule has 1 saturated heterocycles. The number of amides is 1. The maximum Gasteiger partial charge on any atom is 0.305 e. The second-order valence-corrected chi connectivity index (χ2v) is 4.96. The number of hydrogen-bond donors (Lipinski definition) is 1. The Balaban J connectivity index is 1.79. The molecular formula is C14H15NO5. The predicted molar refractivity (Wildman–Crippen MR) is 68.9 cm³/mol. The van der Waals surface area contributed by atoms with Crippen LogP contribution in [-0.2, 0) is 4.79 Å². The number of aliphatic carboxylic acids is 1. The van der Waals surface area contributed by atoms with Crippen molar-refractivity contribution < 1.29 is 24.2 Å². The van der Waals surface area contributed by atoms with Gasteiger partial charge >= 0.3 is 5.97 Å². The monoisotopic (exact) mass is 277 g/mol. The molecule has 1 N–H and O–H groups in total. The number of carboxylic acids is 1. The van der Waals surface area contributed by atoms with E-state index in [1.165, 1.54) is 0 Å². The highest BCUT2D eigenvalue weighted by atomic mass is 16.7. The molecule has 0 aliphatic carbocycles. The minimum absolute atomic E-state index is 0.00368. The van der Waals surface area contributed by atoms with E-state index in [9.17, 15) is 9.59 Å². The van der Waals surface area contributed by atoms with Crippen molar-refractivity contribution >= 4 is 11.9 Å². The van der Waals surface area contributed by atoms with Gasteiger partial charge in [0.15, 0.2) is 11.5 Å². The fourth-order valence-corrected chi connectivity index (χ4v) is 2.71. The van der Waals surface area contributed by atoms with Crippen molar-refractivity contribution in [1.29, 1.82) is 0 Å². The van der Waals surface area contributed by atoms with E-state index < -0.39 is 5.97 Å². The molecule has 6 heteroatoms. The number of fused-ring (bicyclic) bond motifs is 1. The van der Waals surface area contributed by atoms with Crippen LogP contribution in [0, 0.1) is 0 Å². The minimum Gasteiger partial charge on any atom is -0.481 e. The van der Waals surface area contributed by atoms with E-state index in [1.807, 2.05) is 0 Å². The Kier molecular flexibility index (Phi) is 3.22. The van der Waals surface area contributed by atoms with Gasteiger partial charge in [-0.2, -0.15) is 0 Å². The number of nitrogens with zero attached hydrogens (tertiary/aromatic N) is 1. The lowest BCUT2D eigenvalue weighted by Crippen LogP contribution is -2.36. The molecule has 2 aliphatic heterocycles. The van der Waals surface area contributed by atoms with Crippen LogP contribution in [0.5, 0.6) is 11.5 Å². The number of benzene rings is 1. The van der Waals surface area contributed by atoms with E-state index >= 15 is 0 Å². The molecule has 0 spiro atoms. The highest BCUT2D eigenvalue weighted by molar-refractivity contribution is 5.95. The van der Waals surface area contributed by atoms with Crippen molar-refractivity contribution in [1.82, 2.24) is 4.90 Å². The van der Waals surface area contributed by atoms with Crippen molar-refractivity contribution in [3.8, 4) is 11.5 Å². The van der Waals surface area contributed by atoms with Crippen molar-refractivity contribution in [3.63, 3.8) is 0 Å². The first-order valence-electron chi connectivity index (χ1n) is 6.57. The molecule has 2 heterocycles. The lowest BCUT2D eigenvalue weighted by molar-refractivity contribution is -0.137. The van der Waals surface area contributed by atoms with Gasteiger partial charge in [-0.15, -0.1) is 0 Å². The summed E-state index contributed by atoms with van der Waals surface area (Å²) >= 11 is 0. The molecule has 1 aromatic carbocycles. The maximum absolute atomic E-state index is 12.5. The van der Waals surface area contributed by atoms with E-state index in [-0.39, 0.29) is 25.2 Å². The number of likely N-dealkylation sites (tertiary alicyclic amines) is 1. The zero-order valence-corrected chi connectivity index (χ0v) is 10.9. The Morgan fingerprint density at radius 2 is 2.10 bits per heavy atom. The number of hydrogen-bond acceptors (Lipinski definition) is 4. The van der Waals surface area contributed by atoms with Gasteiger partial charge in [-0.05, 0) is 31.0 Å². The second-order valence-electron chi connectivity index (χ2n) is 4.96. The summed E-state index contributed by atoms with van der Waals surface area (Å²) in [5, 5.41) is 8.90. The zero-order valence-electron chi connectivity index (χ0n) is 10.9.